The van der Waals surface area contributed by atoms with Crippen LogP contribution in [0.4, 0.5) is 0 Å². The maximum absolute atomic E-state index is 11.0. The number of nitrogens with two attached hydrogens (primary N) is 1. The van der Waals surface area contributed by atoms with Gasteiger partial charge in [0.2, 0.25) is 0 Å². The molecule has 1 unspecified atom stereocenters. The summed E-state index contributed by atoms with van der Waals surface area (Å²) in [6, 6.07) is -0.321. The lowest BCUT2D eigenvalue weighted by molar-refractivity contribution is 0.295. The third-order valence-electron chi connectivity index (χ3n) is 1.13. The minimum absolute atomic E-state index is 0.00694. The summed E-state index contributed by atoms with van der Waals surface area (Å²) in [5.41, 5.74) is 5.31. The average molecular weight is 181 g/mol. The molecule has 0 radical (unpaired) electrons. The summed E-state index contributed by atoms with van der Waals surface area (Å²) in [5, 5.41) is 8.37. The van der Waals surface area contributed by atoms with Crippen LogP contribution in [0.15, 0.2) is 0 Å². The van der Waals surface area contributed by atoms with E-state index in [2.05, 4.69) is 0 Å². The number of hydrogen-bond donors (Lipinski definition) is 2. The molecule has 0 aromatic carbocycles. The van der Waals surface area contributed by atoms with E-state index in [4.69, 9.17) is 10.8 Å². The zero-order chi connectivity index (χ0) is 8.91. The predicted molar refractivity (Wildman–Crippen MR) is 44.0 cm³/mol. The number of aliphatic hydroxyl groups excluding tert-OH is 1. The van der Waals surface area contributed by atoms with E-state index >= 15 is 0 Å². The molecule has 0 aliphatic carbocycles. The number of rotatable bonds is 5. The van der Waals surface area contributed by atoms with Crippen molar-refractivity contribution in [2.45, 2.75) is 19.4 Å². The van der Waals surface area contributed by atoms with Gasteiger partial charge in [-0.2, -0.15) is 0 Å². The molecule has 0 rings (SSSR count). The Balaban J connectivity index is 3.82. The van der Waals surface area contributed by atoms with Crippen molar-refractivity contribution in [1.82, 2.24) is 0 Å². The van der Waals surface area contributed by atoms with Crippen LogP contribution in [-0.4, -0.2) is 37.7 Å². The lowest BCUT2D eigenvalue weighted by atomic mass is 10.4. The second-order valence-electron chi connectivity index (χ2n) is 2.67. The van der Waals surface area contributed by atoms with E-state index in [9.17, 15) is 8.42 Å². The van der Waals surface area contributed by atoms with Gasteiger partial charge >= 0.3 is 0 Å². The van der Waals surface area contributed by atoms with Crippen molar-refractivity contribution in [3.63, 3.8) is 0 Å². The van der Waals surface area contributed by atoms with E-state index in [-0.39, 0.29) is 24.2 Å². The lowest BCUT2D eigenvalue weighted by Gasteiger charge is -2.05. The van der Waals surface area contributed by atoms with Crippen LogP contribution < -0.4 is 5.73 Å². The van der Waals surface area contributed by atoms with Gasteiger partial charge in [-0.1, -0.05) is 0 Å². The van der Waals surface area contributed by atoms with Gasteiger partial charge in [0.05, 0.1) is 11.5 Å². The van der Waals surface area contributed by atoms with E-state index in [1.807, 2.05) is 0 Å². The SMILES string of the molecule is CC(N)CS(=O)(=O)CCCO. The van der Waals surface area contributed by atoms with Gasteiger partial charge in [0.25, 0.3) is 0 Å². The van der Waals surface area contributed by atoms with Gasteiger partial charge in [-0.15, -0.1) is 0 Å². The first-order valence-electron chi connectivity index (χ1n) is 3.55. The first-order chi connectivity index (χ1) is 4.98. The minimum Gasteiger partial charge on any atom is -0.396 e. The zero-order valence-corrected chi connectivity index (χ0v) is 7.47. The molecule has 0 aliphatic rings. The minimum atomic E-state index is -3.03. The van der Waals surface area contributed by atoms with Gasteiger partial charge in [0.15, 0.2) is 9.84 Å². The Kier molecular flexibility index (Phi) is 4.63. The van der Waals surface area contributed by atoms with E-state index in [1.165, 1.54) is 0 Å². The van der Waals surface area contributed by atoms with Crippen molar-refractivity contribution in [3.8, 4) is 0 Å². The molecular weight excluding hydrogens is 166 g/mol. The molecule has 0 saturated heterocycles. The number of hydrogen-bond acceptors (Lipinski definition) is 4. The van der Waals surface area contributed by atoms with Gasteiger partial charge < -0.3 is 10.8 Å². The van der Waals surface area contributed by atoms with Crippen LogP contribution in [0.2, 0.25) is 0 Å². The summed E-state index contributed by atoms with van der Waals surface area (Å²) in [7, 11) is -3.03. The maximum atomic E-state index is 11.0. The standard InChI is InChI=1S/C6H15NO3S/c1-6(7)5-11(9,10)4-2-3-8/h6,8H,2-5,7H2,1H3. The molecule has 1 atom stereocenters. The quantitative estimate of drug-likeness (QED) is 0.578. The Bertz CT molecular complexity index is 186. The van der Waals surface area contributed by atoms with Gasteiger partial charge in [-0.3, -0.25) is 0 Å². The van der Waals surface area contributed by atoms with Crippen LogP contribution in [0.5, 0.6) is 0 Å². The first kappa shape index (κ1) is 10.9. The molecule has 0 heterocycles. The predicted octanol–water partition coefficient (Wildman–Crippen LogP) is -0.869. The van der Waals surface area contributed by atoms with E-state index < -0.39 is 9.84 Å². The third-order valence-corrected chi connectivity index (χ3v) is 3.07. The third kappa shape index (κ3) is 6.28. The second-order valence-corrected chi connectivity index (χ2v) is 4.90. The maximum Gasteiger partial charge on any atom is 0.151 e. The first-order valence-corrected chi connectivity index (χ1v) is 5.37. The molecular formula is C6H15NO3S. The Hall–Kier alpha value is -0.130. The molecule has 5 heteroatoms. The Morgan fingerprint density at radius 3 is 2.45 bits per heavy atom. The average Bonchev–Trinajstić information content (AvgIpc) is 1.81. The fourth-order valence-corrected chi connectivity index (χ4v) is 2.31. The van der Waals surface area contributed by atoms with Crippen LogP contribution in [0.3, 0.4) is 0 Å². The summed E-state index contributed by atoms with van der Waals surface area (Å²) in [6.45, 7) is 1.56. The molecule has 11 heavy (non-hydrogen) atoms. The molecule has 4 nitrogen and oxygen atoms in total. The molecule has 0 aromatic rings. The van der Waals surface area contributed by atoms with Crippen molar-refractivity contribution in [2.75, 3.05) is 18.1 Å². The molecule has 0 aromatic heterocycles. The van der Waals surface area contributed by atoms with E-state index in [1.54, 1.807) is 6.92 Å². The topological polar surface area (TPSA) is 80.4 Å². The van der Waals surface area contributed by atoms with E-state index in [0.717, 1.165) is 0 Å². The van der Waals surface area contributed by atoms with Crippen molar-refractivity contribution >= 4 is 9.84 Å². The van der Waals surface area contributed by atoms with Crippen LogP contribution in [0.1, 0.15) is 13.3 Å². The van der Waals surface area contributed by atoms with Crippen LogP contribution in [-0.2, 0) is 9.84 Å². The highest BCUT2D eigenvalue weighted by Crippen LogP contribution is 1.95. The summed E-state index contributed by atoms with van der Waals surface area (Å²) in [4.78, 5) is 0. The van der Waals surface area contributed by atoms with Gasteiger partial charge in [0, 0.05) is 12.6 Å². The molecule has 0 bridgehead atoms. The smallest absolute Gasteiger partial charge is 0.151 e. The van der Waals surface area contributed by atoms with Crippen LogP contribution >= 0.6 is 0 Å². The Labute approximate surface area is 67.3 Å². The summed E-state index contributed by atoms with van der Waals surface area (Å²) in [6.07, 6.45) is 0.301. The largest absolute Gasteiger partial charge is 0.396 e. The molecule has 0 spiro atoms. The van der Waals surface area contributed by atoms with Crippen molar-refractivity contribution in [2.24, 2.45) is 5.73 Å². The van der Waals surface area contributed by atoms with Gasteiger partial charge in [0.1, 0.15) is 0 Å². The highest BCUT2D eigenvalue weighted by Gasteiger charge is 2.11. The Morgan fingerprint density at radius 1 is 1.55 bits per heavy atom. The molecule has 0 aliphatic heterocycles. The zero-order valence-electron chi connectivity index (χ0n) is 6.66. The van der Waals surface area contributed by atoms with Crippen molar-refractivity contribution < 1.29 is 13.5 Å². The highest BCUT2D eigenvalue weighted by molar-refractivity contribution is 7.91. The van der Waals surface area contributed by atoms with Crippen molar-refractivity contribution in [3.05, 3.63) is 0 Å². The van der Waals surface area contributed by atoms with Crippen LogP contribution in [0, 0.1) is 0 Å². The van der Waals surface area contributed by atoms with Gasteiger partial charge in [-0.25, -0.2) is 8.42 Å². The monoisotopic (exact) mass is 181 g/mol. The molecule has 3 N–H and O–H groups in total. The lowest BCUT2D eigenvalue weighted by Crippen LogP contribution is -2.27. The molecule has 0 amide bonds. The highest BCUT2D eigenvalue weighted by atomic mass is 32.2. The second kappa shape index (κ2) is 4.69. The fourth-order valence-electron chi connectivity index (χ4n) is 0.768. The van der Waals surface area contributed by atoms with Crippen molar-refractivity contribution in [1.29, 1.82) is 0 Å². The molecule has 0 saturated carbocycles. The summed E-state index contributed by atoms with van der Waals surface area (Å²) >= 11 is 0. The Morgan fingerprint density at radius 2 is 2.09 bits per heavy atom. The van der Waals surface area contributed by atoms with Gasteiger partial charge in [-0.05, 0) is 13.3 Å². The van der Waals surface area contributed by atoms with Crippen LogP contribution in [0.25, 0.3) is 0 Å². The summed E-state index contributed by atoms with van der Waals surface area (Å²) in [5.74, 6) is 0.0397. The fraction of sp³-hybridized carbons (Fsp3) is 1.00. The number of sulfone groups is 1. The molecule has 0 fully saturated rings. The number of aliphatic hydroxyl groups is 1. The molecule has 68 valence electrons. The normalized spacial score (nSPS) is 14.8. The van der Waals surface area contributed by atoms with E-state index in [0.29, 0.717) is 6.42 Å². The summed E-state index contributed by atoms with van der Waals surface area (Å²) < 4.78 is 22.0.